The average Bonchev–Trinajstić information content (AvgIpc) is 2.76. The Kier molecular flexibility index (Phi) is 7.56. The van der Waals surface area contributed by atoms with Crippen molar-refractivity contribution in [1.82, 2.24) is 4.31 Å². The Morgan fingerprint density at radius 2 is 1.68 bits per heavy atom. The molecule has 0 heterocycles. The van der Waals surface area contributed by atoms with Crippen molar-refractivity contribution < 1.29 is 17.9 Å². The van der Waals surface area contributed by atoms with Gasteiger partial charge in [-0.1, -0.05) is 53.5 Å². The highest BCUT2D eigenvalue weighted by molar-refractivity contribution is 7.89. The van der Waals surface area contributed by atoms with E-state index in [0.29, 0.717) is 11.4 Å². The average molecular weight is 479 g/mol. The minimum absolute atomic E-state index is 0.0119. The van der Waals surface area contributed by atoms with Gasteiger partial charge in [0.15, 0.2) is 0 Å². The van der Waals surface area contributed by atoms with E-state index in [9.17, 15) is 13.2 Å². The molecule has 0 bridgehead atoms. The van der Waals surface area contributed by atoms with Crippen LogP contribution < -0.4 is 10.1 Å². The molecule has 9 heteroatoms. The first kappa shape index (κ1) is 23.1. The summed E-state index contributed by atoms with van der Waals surface area (Å²) in [6.07, 6.45) is 0. The molecule has 0 spiro atoms. The molecule has 0 aromatic heterocycles. The summed E-state index contributed by atoms with van der Waals surface area (Å²) in [5.41, 5.74) is 1.24. The predicted molar refractivity (Wildman–Crippen MR) is 122 cm³/mol. The fourth-order valence-electron chi connectivity index (χ4n) is 2.86. The summed E-state index contributed by atoms with van der Waals surface area (Å²) >= 11 is 12.1. The zero-order chi connectivity index (χ0) is 22.4. The largest absolute Gasteiger partial charge is 0.497 e. The summed E-state index contributed by atoms with van der Waals surface area (Å²) in [5, 5.41) is 2.95. The predicted octanol–water partition coefficient (Wildman–Crippen LogP) is 4.83. The van der Waals surface area contributed by atoms with Gasteiger partial charge in [-0.05, 0) is 48.0 Å². The lowest BCUT2D eigenvalue weighted by Gasteiger charge is -2.22. The second-order valence-electron chi connectivity index (χ2n) is 6.61. The van der Waals surface area contributed by atoms with Gasteiger partial charge in [-0.2, -0.15) is 4.31 Å². The smallest absolute Gasteiger partial charge is 0.245 e. The second kappa shape index (κ2) is 10.2. The number of methoxy groups -OCH3 is 1. The van der Waals surface area contributed by atoms with Crippen molar-refractivity contribution in [2.75, 3.05) is 19.0 Å². The summed E-state index contributed by atoms with van der Waals surface area (Å²) in [4.78, 5) is 12.5. The molecule has 0 radical (unpaired) electrons. The maximum atomic E-state index is 13.4. The van der Waals surface area contributed by atoms with E-state index >= 15 is 0 Å². The van der Waals surface area contributed by atoms with Gasteiger partial charge in [0.05, 0.1) is 18.7 Å². The van der Waals surface area contributed by atoms with Crippen molar-refractivity contribution in [2.45, 2.75) is 11.4 Å². The standard InChI is InChI=1S/C22H20Cl2N2O4S/c1-30-19-10-8-18(9-11-19)25-22(27)15-26(14-16-5-3-2-4-6-16)31(28,29)21-13-17(23)7-12-20(21)24/h2-13H,14-15H2,1H3,(H,25,27). The topological polar surface area (TPSA) is 75.7 Å². The third-order valence-corrected chi connectivity index (χ3v) is 6.91. The number of hydrogen-bond acceptors (Lipinski definition) is 4. The first-order valence-corrected chi connectivity index (χ1v) is 11.4. The fraction of sp³-hybridized carbons (Fsp3) is 0.136. The molecule has 3 aromatic carbocycles. The highest BCUT2D eigenvalue weighted by Gasteiger charge is 2.29. The number of sulfonamides is 1. The van der Waals surface area contributed by atoms with Crippen LogP contribution in [0.5, 0.6) is 5.75 Å². The number of rotatable bonds is 8. The van der Waals surface area contributed by atoms with Crippen LogP contribution in [0.4, 0.5) is 5.69 Å². The quantitative estimate of drug-likeness (QED) is 0.502. The Balaban J connectivity index is 1.88. The Hall–Kier alpha value is -2.58. The Morgan fingerprint density at radius 3 is 2.32 bits per heavy atom. The number of nitrogens with zero attached hydrogens (tertiary/aromatic N) is 1. The first-order chi connectivity index (χ1) is 14.8. The molecular weight excluding hydrogens is 459 g/mol. The fourth-order valence-corrected chi connectivity index (χ4v) is 4.98. The van der Waals surface area contributed by atoms with Crippen molar-refractivity contribution in [3.63, 3.8) is 0 Å². The summed E-state index contributed by atoms with van der Waals surface area (Å²) in [5.74, 6) is 0.143. The summed E-state index contributed by atoms with van der Waals surface area (Å²) in [6, 6.07) is 19.9. The van der Waals surface area contributed by atoms with Gasteiger partial charge in [0.25, 0.3) is 0 Å². The second-order valence-corrected chi connectivity index (χ2v) is 9.36. The molecule has 162 valence electrons. The van der Waals surface area contributed by atoms with E-state index in [-0.39, 0.29) is 21.5 Å². The van der Waals surface area contributed by atoms with Gasteiger partial charge in [0, 0.05) is 17.3 Å². The van der Waals surface area contributed by atoms with Gasteiger partial charge in [-0.25, -0.2) is 8.42 Å². The zero-order valence-electron chi connectivity index (χ0n) is 16.6. The molecule has 31 heavy (non-hydrogen) atoms. The minimum atomic E-state index is -4.11. The Morgan fingerprint density at radius 1 is 1.00 bits per heavy atom. The molecule has 0 aliphatic carbocycles. The number of anilines is 1. The molecule has 0 atom stereocenters. The lowest BCUT2D eigenvalue weighted by molar-refractivity contribution is -0.116. The maximum Gasteiger partial charge on any atom is 0.245 e. The normalized spacial score (nSPS) is 11.4. The highest BCUT2D eigenvalue weighted by atomic mass is 35.5. The van der Waals surface area contributed by atoms with Crippen LogP contribution in [0.1, 0.15) is 5.56 Å². The van der Waals surface area contributed by atoms with Crippen LogP contribution in [-0.4, -0.2) is 32.3 Å². The zero-order valence-corrected chi connectivity index (χ0v) is 18.9. The van der Waals surface area contributed by atoms with E-state index in [0.717, 1.165) is 9.87 Å². The Bertz CT molecular complexity index is 1150. The molecule has 0 aliphatic heterocycles. The molecule has 3 aromatic rings. The molecule has 0 aliphatic rings. The number of amides is 1. The molecule has 0 fully saturated rings. The van der Waals surface area contributed by atoms with Gasteiger partial charge in [0.2, 0.25) is 15.9 Å². The molecule has 1 amide bonds. The van der Waals surface area contributed by atoms with E-state index in [1.54, 1.807) is 55.6 Å². The number of carbonyl (C=O) groups excluding carboxylic acids is 1. The number of nitrogens with one attached hydrogen (secondary N) is 1. The maximum absolute atomic E-state index is 13.4. The van der Waals surface area contributed by atoms with Crippen LogP contribution in [0.25, 0.3) is 0 Å². The molecular formula is C22H20Cl2N2O4S. The van der Waals surface area contributed by atoms with Gasteiger partial charge in [-0.3, -0.25) is 4.79 Å². The highest BCUT2D eigenvalue weighted by Crippen LogP contribution is 2.28. The number of benzene rings is 3. The number of ether oxygens (including phenoxy) is 1. The van der Waals surface area contributed by atoms with Crippen LogP contribution in [0.2, 0.25) is 10.0 Å². The third-order valence-electron chi connectivity index (χ3n) is 4.41. The van der Waals surface area contributed by atoms with Gasteiger partial charge >= 0.3 is 0 Å². The first-order valence-electron chi connectivity index (χ1n) is 9.22. The summed E-state index contributed by atoms with van der Waals surface area (Å²) in [6.45, 7) is -0.422. The van der Waals surface area contributed by atoms with Crippen molar-refractivity contribution in [3.8, 4) is 5.75 Å². The molecule has 1 N–H and O–H groups in total. The van der Waals surface area contributed by atoms with E-state index < -0.39 is 22.5 Å². The summed E-state index contributed by atoms with van der Waals surface area (Å²) in [7, 11) is -2.57. The number of halogens is 2. The van der Waals surface area contributed by atoms with Gasteiger partial charge in [0.1, 0.15) is 10.6 Å². The molecule has 6 nitrogen and oxygen atoms in total. The minimum Gasteiger partial charge on any atom is -0.497 e. The van der Waals surface area contributed by atoms with E-state index in [4.69, 9.17) is 27.9 Å². The van der Waals surface area contributed by atoms with E-state index in [1.807, 2.05) is 6.07 Å². The van der Waals surface area contributed by atoms with Crippen LogP contribution in [0.15, 0.2) is 77.7 Å². The monoisotopic (exact) mass is 478 g/mol. The van der Waals surface area contributed by atoms with Crippen molar-refractivity contribution in [1.29, 1.82) is 0 Å². The lowest BCUT2D eigenvalue weighted by atomic mass is 10.2. The van der Waals surface area contributed by atoms with Crippen LogP contribution in [-0.2, 0) is 21.4 Å². The molecule has 0 saturated heterocycles. The van der Waals surface area contributed by atoms with Crippen molar-refractivity contribution in [3.05, 3.63) is 88.4 Å². The van der Waals surface area contributed by atoms with E-state index in [2.05, 4.69) is 5.32 Å². The molecule has 0 saturated carbocycles. The SMILES string of the molecule is COc1ccc(NC(=O)CN(Cc2ccccc2)S(=O)(=O)c2cc(Cl)ccc2Cl)cc1. The van der Waals surface area contributed by atoms with Gasteiger partial charge in [-0.15, -0.1) is 0 Å². The lowest BCUT2D eigenvalue weighted by Crippen LogP contribution is -2.37. The van der Waals surface area contributed by atoms with E-state index in [1.165, 1.54) is 18.2 Å². The van der Waals surface area contributed by atoms with Crippen molar-refractivity contribution in [2.24, 2.45) is 0 Å². The van der Waals surface area contributed by atoms with Crippen LogP contribution >= 0.6 is 23.2 Å². The van der Waals surface area contributed by atoms with Crippen LogP contribution in [0, 0.1) is 0 Å². The van der Waals surface area contributed by atoms with Gasteiger partial charge < -0.3 is 10.1 Å². The number of carbonyl (C=O) groups is 1. The number of hydrogen-bond donors (Lipinski definition) is 1. The molecule has 0 unspecified atom stereocenters. The summed E-state index contributed by atoms with van der Waals surface area (Å²) < 4.78 is 32.9. The third kappa shape index (κ3) is 5.98. The Labute approximate surface area is 191 Å². The molecule has 3 rings (SSSR count). The van der Waals surface area contributed by atoms with Crippen molar-refractivity contribution >= 4 is 44.8 Å². The van der Waals surface area contributed by atoms with Crippen LogP contribution in [0.3, 0.4) is 0 Å².